The van der Waals surface area contributed by atoms with Crippen LogP contribution in [0, 0.1) is 5.92 Å². The second-order valence-corrected chi connectivity index (χ2v) is 6.25. The second-order valence-electron chi connectivity index (χ2n) is 6.25. The highest BCUT2D eigenvalue weighted by molar-refractivity contribution is 5.78. The van der Waals surface area contributed by atoms with Gasteiger partial charge in [-0.3, -0.25) is 4.79 Å². The van der Waals surface area contributed by atoms with Gasteiger partial charge in [0.2, 0.25) is 5.91 Å². The van der Waals surface area contributed by atoms with Crippen molar-refractivity contribution in [2.24, 2.45) is 5.92 Å². The van der Waals surface area contributed by atoms with E-state index in [9.17, 15) is 4.79 Å². The third kappa shape index (κ3) is 4.51. The third-order valence-electron chi connectivity index (χ3n) is 4.05. The summed E-state index contributed by atoms with van der Waals surface area (Å²) in [6, 6.07) is 16.0. The lowest BCUT2D eigenvalue weighted by Crippen LogP contribution is -2.30. The first-order valence-corrected chi connectivity index (χ1v) is 8.40. The van der Waals surface area contributed by atoms with E-state index in [2.05, 4.69) is 24.4 Å². The molecular weight excluding hydrogens is 302 g/mol. The molecule has 0 bridgehead atoms. The Bertz CT molecular complexity index is 685. The molecule has 1 aliphatic rings. The van der Waals surface area contributed by atoms with Gasteiger partial charge in [0.15, 0.2) is 11.5 Å². The summed E-state index contributed by atoms with van der Waals surface area (Å²) < 4.78 is 11.0. The standard InChI is InChI=1S/C20H23NO3/c1-15(11-16-5-3-2-4-6-16)14-21-20(22)13-17-7-8-18-19(12-17)24-10-9-23-18/h2-8,12,15H,9-11,13-14H2,1H3,(H,21,22). The third-order valence-corrected chi connectivity index (χ3v) is 4.05. The minimum Gasteiger partial charge on any atom is -0.486 e. The molecule has 1 heterocycles. The Morgan fingerprint density at radius 2 is 1.79 bits per heavy atom. The molecule has 4 nitrogen and oxygen atoms in total. The molecule has 1 aliphatic heterocycles. The largest absolute Gasteiger partial charge is 0.486 e. The molecule has 2 aromatic carbocycles. The van der Waals surface area contributed by atoms with Crippen LogP contribution in [0.25, 0.3) is 0 Å². The summed E-state index contributed by atoms with van der Waals surface area (Å²) in [7, 11) is 0. The Morgan fingerprint density at radius 3 is 2.58 bits per heavy atom. The molecule has 2 aromatic rings. The lowest BCUT2D eigenvalue weighted by molar-refractivity contribution is -0.120. The fraction of sp³-hybridized carbons (Fsp3) is 0.350. The van der Waals surface area contributed by atoms with Crippen LogP contribution in [0.4, 0.5) is 0 Å². The Hall–Kier alpha value is -2.49. The van der Waals surface area contributed by atoms with Crippen LogP contribution in [0.3, 0.4) is 0 Å². The van der Waals surface area contributed by atoms with Crippen LogP contribution >= 0.6 is 0 Å². The molecule has 1 unspecified atom stereocenters. The van der Waals surface area contributed by atoms with Gasteiger partial charge in [0.1, 0.15) is 13.2 Å². The number of amides is 1. The molecular formula is C20H23NO3. The van der Waals surface area contributed by atoms with Crippen LogP contribution in [-0.4, -0.2) is 25.7 Å². The van der Waals surface area contributed by atoms with Crippen molar-refractivity contribution in [2.75, 3.05) is 19.8 Å². The quantitative estimate of drug-likeness (QED) is 0.888. The van der Waals surface area contributed by atoms with Crippen LogP contribution in [0.15, 0.2) is 48.5 Å². The van der Waals surface area contributed by atoms with E-state index >= 15 is 0 Å². The van der Waals surface area contributed by atoms with Gasteiger partial charge in [-0.1, -0.05) is 43.3 Å². The normalized spacial score (nSPS) is 14.0. The highest BCUT2D eigenvalue weighted by Crippen LogP contribution is 2.30. The molecule has 0 spiro atoms. The van der Waals surface area contributed by atoms with Crippen molar-refractivity contribution in [1.29, 1.82) is 0 Å². The van der Waals surface area contributed by atoms with Crippen LogP contribution in [-0.2, 0) is 17.6 Å². The van der Waals surface area contributed by atoms with Gasteiger partial charge in [0, 0.05) is 6.54 Å². The maximum atomic E-state index is 12.2. The van der Waals surface area contributed by atoms with Crippen molar-refractivity contribution in [3.8, 4) is 11.5 Å². The van der Waals surface area contributed by atoms with E-state index in [0.29, 0.717) is 32.1 Å². The van der Waals surface area contributed by atoms with Crippen molar-refractivity contribution in [1.82, 2.24) is 5.32 Å². The summed E-state index contributed by atoms with van der Waals surface area (Å²) in [5.74, 6) is 1.91. The van der Waals surface area contributed by atoms with Gasteiger partial charge in [-0.25, -0.2) is 0 Å². The first-order chi connectivity index (χ1) is 11.7. The van der Waals surface area contributed by atoms with Crippen molar-refractivity contribution in [2.45, 2.75) is 19.8 Å². The van der Waals surface area contributed by atoms with Crippen molar-refractivity contribution < 1.29 is 14.3 Å². The van der Waals surface area contributed by atoms with Crippen LogP contribution < -0.4 is 14.8 Å². The molecule has 1 N–H and O–H groups in total. The van der Waals surface area contributed by atoms with Gasteiger partial charge in [0.05, 0.1) is 6.42 Å². The number of carbonyl (C=O) groups is 1. The first kappa shape index (κ1) is 16.4. The Labute approximate surface area is 142 Å². The maximum Gasteiger partial charge on any atom is 0.224 e. The number of benzene rings is 2. The minimum atomic E-state index is 0.0339. The molecule has 0 fully saturated rings. The smallest absolute Gasteiger partial charge is 0.224 e. The van der Waals surface area contributed by atoms with E-state index in [1.54, 1.807) is 0 Å². The van der Waals surface area contributed by atoms with E-state index in [-0.39, 0.29) is 5.91 Å². The molecule has 0 aromatic heterocycles. The van der Waals surface area contributed by atoms with Gasteiger partial charge in [-0.15, -0.1) is 0 Å². The van der Waals surface area contributed by atoms with Crippen molar-refractivity contribution in [3.05, 3.63) is 59.7 Å². The van der Waals surface area contributed by atoms with Crippen LogP contribution in [0.1, 0.15) is 18.1 Å². The maximum absolute atomic E-state index is 12.2. The number of ether oxygens (including phenoxy) is 2. The number of fused-ring (bicyclic) bond motifs is 1. The summed E-state index contributed by atoms with van der Waals surface area (Å²) in [5.41, 5.74) is 2.23. The Morgan fingerprint density at radius 1 is 1.04 bits per heavy atom. The van der Waals surface area contributed by atoms with E-state index < -0.39 is 0 Å². The lowest BCUT2D eigenvalue weighted by atomic mass is 10.0. The number of hydrogen-bond acceptors (Lipinski definition) is 3. The SMILES string of the molecule is CC(CNC(=O)Cc1ccc2c(c1)OCCO2)Cc1ccccc1. The fourth-order valence-corrected chi connectivity index (χ4v) is 2.82. The molecule has 1 amide bonds. The molecule has 4 heteroatoms. The monoisotopic (exact) mass is 325 g/mol. The van der Waals surface area contributed by atoms with Gasteiger partial charge >= 0.3 is 0 Å². The van der Waals surface area contributed by atoms with Crippen molar-refractivity contribution in [3.63, 3.8) is 0 Å². The predicted octanol–water partition coefficient (Wildman–Crippen LogP) is 3.00. The van der Waals surface area contributed by atoms with E-state index in [1.165, 1.54) is 5.56 Å². The molecule has 0 aliphatic carbocycles. The summed E-state index contributed by atoms with van der Waals surface area (Å²) in [5, 5.41) is 3.02. The van der Waals surface area contributed by atoms with Crippen LogP contribution in [0.2, 0.25) is 0 Å². The average Bonchev–Trinajstić information content (AvgIpc) is 2.61. The number of rotatable bonds is 6. The van der Waals surface area contributed by atoms with E-state index in [0.717, 1.165) is 23.5 Å². The molecule has 1 atom stereocenters. The number of hydrogen-bond donors (Lipinski definition) is 1. The summed E-state index contributed by atoms with van der Waals surface area (Å²) in [6.45, 7) is 3.96. The lowest BCUT2D eigenvalue weighted by Gasteiger charge is -2.19. The van der Waals surface area contributed by atoms with Crippen molar-refractivity contribution >= 4 is 5.91 Å². The average molecular weight is 325 g/mol. The van der Waals surface area contributed by atoms with E-state index in [4.69, 9.17) is 9.47 Å². The zero-order valence-electron chi connectivity index (χ0n) is 14.0. The number of carbonyl (C=O) groups excluding carboxylic acids is 1. The predicted molar refractivity (Wildman–Crippen MR) is 93.5 cm³/mol. The fourth-order valence-electron chi connectivity index (χ4n) is 2.82. The van der Waals surface area contributed by atoms with Gasteiger partial charge in [-0.2, -0.15) is 0 Å². The van der Waals surface area contributed by atoms with Gasteiger partial charge < -0.3 is 14.8 Å². The number of nitrogens with one attached hydrogen (secondary N) is 1. The molecule has 0 saturated heterocycles. The minimum absolute atomic E-state index is 0.0339. The molecule has 3 rings (SSSR count). The zero-order chi connectivity index (χ0) is 16.8. The first-order valence-electron chi connectivity index (χ1n) is 8.40. The summed E-state index contributed by atoms with van der Waals surface area (Å²) >= 11 is 0. The molecule has 0 saturated carbocycles. The van der Waals surface area contributed by atoms with E-state index in [1.807, 2.05) is 36.4 Å². The van der Waals surface area contributed by atoms with Gasteiger partial charge in [0.25, 0.3) is 0 Å². The highest BCUT2D eigenvalue weighted by atomic mass is 16.6. The zero-order valence-corrected chi connectivity index (χ0v) is 14.0. The summed E-state index contributed by atoms with van der Waals surface area (Å²) in [4.78, 5) is 12.2. The topological polar surface area (TPSA) is 47.6 Å². The molecule has 24 heavy (non-hydrogen) atoms. The Balaban J connectivity index is 1.47. The van der Waals surface area contributed by atoms with Crippen LogP contribution in [0.5, 0.6) is 11.5 Å². The summed E-state index contributed by atoms with van der Waals surface area (Å²) in [6.07, 6.45) is 1.32. The molecule has 0 radical (unpaired) electrons. The molecule has 126 valence electrons. The second kappa shape index (κ2) is 7.86. The highest BCUT2D eigenvalue weighted by Gasteiger charge is 2.13. The van der Waals surface area contributed by atoms with Gasteiger partial charge in [-0.05, 0) is 35.6 Å². The Kier molecular flexibility index (Phi) is 5.36.